The average Bonchev–Trinajstić information content (AvgIpc) is 2.43. The minimum Gasteiger partial charge on any atom is -0.384 e. The predicted octanol–water partition coefficient (Wildman–Crippen LogP) is 1.42. The Bertz CT molecular complexity index is 601. The largest absolute Gasteiger partial charge is 0.384 e. The van der Waals surface area contributed by atoms with E-state index in [4.69, 9.17) is 9.84 Å². The lowest BCUT2D eigenvalue weighted by Crippen LogP contribution is -2.50. The van der Waals surface area contributed by atoms with Crippen LogP contribution in [0, 0.1) is 17.7 Å². The Morgan fingerprint density at radius 2 is 2.29 bits per heavy atom. The molecule has 0 bridgehead atoms. The minimum atomic E-state index is -0.603. The van der Waals surface area contributed by atoms with Crippen LogP contribution in [-0.2, 0) is 4.74 Å². The monoisotopic (exact) mass is 291 g/mol. The number of nitrogens with zero attached hydrogens (tertiary/aromatic N) is 1. The zero-order chi connectivity index (χ0) is 15.5. The summed E-state index contributed by atoms with van der Waals surface area (Å²) in [6.45, 7) is 4.84. The lowest BCUT2D eigenvalue weighted by atomic mass is 10.1. The Kier molecular flexibility index (Phi) is 4.61. The van der Waals surface area contributed by atoms with E-state index < -0.39 is 11.4 Å². The number of amides is 1. The van der Waals surface area contributed by atoms with Gasteiger partial charge in [-0.05, 0) is 32.0 Å². The van der Waals surface area contributed by atoms with Gasteiger partial charge >= 0.3 is 0 Å². The molecule has 1 aromatic rings. The normalized spacial score (nSPS) is 17.0. The third-order valence-corrected chi connectivity index (χ3v) is 3.22. The molecule has 1 aromatic carbocycles. The number of ether oxygens (including phenoxy) is 1. The number of aliphatic hydroxyl groups excluding tert-OH is 1. The number of aliphatic hydroxyl groups is 1. The van der Waals surface area contributed by atoms with Gasteiger partial charge in [0.15, 0.2) is 0 Å². The van der Waals surface area contributed by atoms with Crippen molar-refractivity contribution in [1.82, 2.24) is 4.90 Å². The summed E-state index contributed by atoms with van der Waals surface area (Å²) in [7, 11) is 0. The summed E-state index contributed by atoms with van der Waals surface area (Å²) < 4.78 is 19.6. The molecule has 0 aromatic heterocycles. The highest BCUT2D eigenvalue weighted by Crippen LogP contribution is 2.20. The first-order chi connectivity index (χ1) is 9.93. The van der Waals surface area contributed by atoms with Crippen LogP contribution in [0.1, 0.15) is 29.8 Å². The van der Waals surface area contributed by atoms with Crippen molar-refractivity contribution in [3.05, 3.63) is 35.1 Å². The van der Waals surface area contributed by atoms with E-state index in [1.807, 2.05) is 13.8 Å². The van der Waals surface area contributed by atoms with Crippen LogP contribution in [0.5, 0.6) is 0 Å². The second-order valence-corrected chi connectivity index (χ2v) is 5.49. The quantitative estimate of drug-likeness (QED) is 0.796. The molecule has 0 spiro atoms. The summed E-state index contributed by atoms with van der Waals surface area (Å²) in [4.78, 5) is 14.0. The van der Waals surface area contributed by atoms with Crippen molar-refractivity contribution < 1.29 is 19.0 Å². The number of hydrogen-bond acceptors (Lipinski definition) is 3. The van der Waals surface area contributed by atoms with Gasteiger partial charge in [-0.3, -0.25) is 4.79 Å². The predicted molar refractivity (Wildman–Crippen MR) is 76.3 cm³/mol. The van der Waals surface area contributed by atoms with E-state index in [0.717, 1.165) is 0 Å². The third-order valence-electron chi connectivity index (χ3n) is 3.22. The van der Waals surface area contributed by atoms with Crippen molar-refractivity contribution in [3.63, 3.8) is 0 Å². The van der Waals surface area contributed by atoms with Crippen LogP contribution in [0.15, 0.2) is 18.2 Å². The molecule has 1 N–H and O–H groups in total. The highest BCUT2D eigenvalue weighted by molar-refractivity contribution is 5.94. The van der Waals surface area contributed by atoms with Crippen LogP contribution in [0.3, 0.4) is 0 Å². The van der Waals surface area contributed by atoms with Gasteiger partial charge < -0.3 is 14.7 Å². The van der Waals surface area contributed by atoms with E-state index in [2.05, 4.69) is 11.8 Å². The van der Waals surface area contributed by atoms with Crippen molar-refractivity contribution >= 4 is 5.91 Å². The molecule has 0 unspecified atom stereocenters. The van der Waals surface area contributed by atoms with E-state index >= 15 is 0 Å². The maximum absolute atomic E-state index is 14.1. The standard InChI is InChI=1S/C16H18FNO3/c1-16(2)11-18(7-9-21-16)15(20)13-6-5-12(4-3-8-19)10-14(13)17/h5-6,10,19H,7-9,11H2,1-2H3. The second kappa shape index (κ2) is 6.25. The van der Waals surface area contributed by atoms with Gasteiger partial charge in [0.1, 0.15) is 12.4 Å². The van der Waals surface area contributed by atoms with Crippen LogP contribution in [0.2, 0.25) is 0 Å². The molecule has 2 rings (SSSR count). The van der Waals surface area contributed by atoms with Gasteiger partial charge in [-0.25, -0.2) is 4.39 Å². The molecule has 0 saturated carbocycles. The number of carbonyl (C=O) groups is 1. The van der Waals surface area contributed by atoms with Crippen molar-refractivity contribution in [1.29, 1.82) is 0 Å². The van der Waals surface area contributed by atoms with Gasteiger partial charge in [-0.2, -0.15) is 0 Å². The number of hydrogen-bond donors (Lipinski definition) is 1. The molecule has 0 aliphatic carbocycles. The van der Waals surface area contributed by atoms with Gasteiger partial charge in [0.05, 0.1) is 17.8 Å². The highest BCUT2D eigenvalue weighted by atomic mass is 19.1. The molecular formula is C16H18FNO3. The van der Waals surface area contributed by atoms with Gasteiger partial charge in [0.2, 0.25) is 0 Å². The van der Waals surface area contributed by atoms with Gasteiger partial charge in [0.25, 0.3) is 5.91 Å². The van der Waals surface area contributed by atoms with Gasteiger partial charge in [0, 0.05) is 18.7 Å². The van der Waals surface area contributed by atoms with E-state index in [1.165, 1.54) is 12.1 Å². The summed E-state index contributed by atoms with van der Waals surface area (Å²) in [5.41, 5.74) is 0.0411. The molecule has 21 heavy (non-hydrogen) atoms. The summed E-state index contributed by atoms with van der Waals surface area (Å²) in [5.74, 6) is 4.11. The lowest BCUT2D eigenvalue weighted by Gasteiger charge is -2.38. The molecule has 4 nitrogen and oxygen atoms in total. The number of carbonyl (C=O) groups excluding carboxylic acids is 1. The lowest BCUT2D eigenvalue weighted by molar-refractivity contribution is -0.0764. The van der Waals surface area contributed by atoms with E-state index in [1.54, 1.807) is 11.0 Å². The van der Waals surface area contributed by atoms with Crippen molar-refractivity contribution in [2.24, 2.45) is 0 Å². The third kappa shape index (κ3) is 3.81. The second-order valence-electron chi connectivity index (χ2n) is 5.49. The Hall–Kier alpha value is -1.90. The zero-order valence-corrected chi connectivity index (χ0v) is 12.1. The van der Waals surface area contributed by atoms with Crippen LogP contribution in [0.25, 0.3) is 0 Å². The fourth-order valence-electron chi connectivity index (χ4n) is 2.27. The van der Waals surface area contributed by atoms with Crippen LogP contribution in [-0.4, -0.2) is 47.8 Å². The molecule has 112 valence electrons. The highest BCUT2D eigenvalue weighted by Gasteiger charge is 2.31. The molecule has 1 amide bonds. The maximum Gasteiger partial charge on any atom is 0.257 e. The summed E-state index contributed by atoms with van der Waals surface area (Å²) >= 11 is 0. The molecule has 1 fully saturated rings. The molecule has 0 atom stereocenters. The van der Waals surface area contributed by atoms with Gasteiger partial charge in [-0.1, -0.05) is 11.8 Å². The smallest absolute Gasteiger partial charge is 0.257 e. The number of halogens is 1. The fourth-order valence-corrected chi connectivity index (χ4v) is 2.27. The number of rotatable bonds is 1. The van der Waals surface area contributed by atoms with Crippen molar-refractivity contribution in [2.75, 3.05) is 26.3 Å². The van der Waals surface area contributed by atoms with E-state index in [-0.39, 0.29) is 18.1 Å². The van der Waals surface area contributed by atoms with Crippen LogP contribution in [0.4, 0.5) is 4.39 Å². The first-order valence-corrected chi connectivity index (χ1v) is 6.75. The number of morpholine rings is 1. The molecule has 1 saturated heterocycles. The average molecular weight is 291 g/mol. The molecule has 5 heteroatoms. The molecule has 1 aliphatic rings. The van der Waals surface area contributed by atoms with Crippen LogP contribution >= 0.6 is 0 Å². The van der Waals surface area contributed by atoms with Gasteiger partial charge in [-0.15, -0.1) is 0 Å². The van der Waals surface area contributed by atoms with E-state index in [0.29, 0.717) is 25.3 Å². The van der Waals surface area contributed by atoms with E-state index in [9.17, 15) is 9.18 Å². The van der Waals surface area contributed by atoms with Crippen molar-refractivity contribution in [3.8, 4) is 11.8 Å². The molecule has 0 radical (unpaired) electrons. The van der Waals surface area contributed by atoms with Crippen molar-refractivity contribution in [2.45, 2.75) is 19.4 Å². The first kappa shape index (κ1) is 15.5. The van der Waals surface area contributed by atoms with Crippen LogP contribution < -0.4 is 0 Å². The zero-order valence-electron chi connectivity index (χ0n) is 12.1. The summed E-state index contributed by atoms with van der Waals surface area (Å²) in [6, 6.07) is 4.22. The summed E-state index contributed by atoms with van der Waals surface area (Å²) in [5, 5.41) is 8.62. The number of benzene rings is 1. The Morgan fingerprint density at radius 1 is 1.52 bits per heavy atom. The molecule has 1 aliphatic heterocycles. The molecule has 1 heterocycles. The Labute approximate surface area is 123 Å². The first-order valence-electron chi connectivity index (χ1n) is 6.75. The maximum atomic E-state index is 14.1. The minimum absolute atomic E-state index is 0.0299. The molecular weight excluding hydrogens is 273 g/mol. The fraction of sp³-hybridized carbons (Fsp3) is 0.438. The topological polar surface area (TPSA) is 49.8 Å². The Balaban J connectivity index is 2.19. The SMILES string of the molecule is CC1(C)CN(C(=O)c2ccc(C#CCO)cc2F)CCO1. The summed E-state index contributed by atoms with van der Waals surface area (Å²) in [6.07, 6.45) is 0. The Morgan fingerprint density at radius 3 is 2.90 bits per heavy atom.